The maximum absolute atomic E-state index is 12.4. The first-order chi connectivity index (χ1) is 16.7. The van der Waals surface area contributed by atoms with Gasteiger partial charge in [-0.2, -0.15) is 10.4 Å². The van der Waals surface area contributed by atoms with Crippen LogP contribution >= 0.6 is 23.1 Å². The number of rotatable bonds is 8. The molecule has 0 unspecified atom stereocenters. The number of nitrogens with one attached hydrogen (secondary N) is 1. The van der Waals surface area contributed by atoms with E-state index in [9.17, 15) is 10.1 Å². The predicted octanol–water partition coefficient (Wildman–Crippen LogP) is 4.39. The van der Waals surface area contributed by atoms with Crippen molar-refractivity contribution in [2.45, 2.75) is 5.03 Å². The lowest BCUT2D eigenvalue weighted by molar-refractivity contribution is -0.118. The smallest absolute Gasteiger partial charge is 0.250 e. The van der Waals surface area contributed by atoms with E-state index in [1.54, 1.807) is 31.9 Å². The fourth-order valence-electron chi connectivity index (χ4n) is 2.96. The van der Waals surface area contributed by atoms with Gasteiger partial charge in [0.25, 0.3) is 0 Å². The molecule has 3 heterocycles. The van der Waals surface area contributed by atoms with Crippen LogP contribution in [0.25, 0.3) is 21.8 Å². The zero-order chi connectivity index (χ0) is 23.8. The molecule has 1 amide bonds. The summed E-state index contributed by atoms with van der Waals surface area (Å²) in [5.41, 5.74) is 5.64. The molecule has 0 radical (unpaired) electrons. The molecular formula is C24H18N6O2S2. The molecule has 0 atom stereocenters. The Labute approximate surface area is 204 Å². The van der Waals surface area contributed by atoms with Crippen LogP contribution in [0.2, 0.25) is 0 Å². The summed E-state index contributed by atoms with van der Waals surface area (Å²) in [5, 5.41) is 16.3. The van der Waals surface area contributed by atoms with Gasteiger partial charge in [-0.05, 0) is 47.3 Å². The van der Waals surface area contributed by atoms with Crippen molar-refractivity contribution >= 4 is 35.2 Å². The topological polar surface area (TPSA) is 113 Å². The van der Waals surface area contributed by atoms with Crippen LogP contribution in [0.3, 0.4) is 0 Å². The number of methoxy groups -OCH3 is 1. The Balaban J connectivity index is 1.52. The standard InChI is InChI=1S/C24H18N6O2S2/c1-32-17-6-4-16(5-7-17)13-28-30-23(31)15-34-24-19(12-25)18(22-3-2-10-33-22)11-20(29-24)21-14-26-8-9-27-21/h2-11,13-14H,15H2,1H3,(H,30,31)/b28-13+. The maximum Gasteiger partial charge on any atom is 0.250 e. The van der Waals surface area contributed by atoms with Crippen molar-refractivity contribution in [2.24, 2.45) is 5.10 Å². The van der Waals surface area contributed by atoms with Gasteiger partial charge in [-0.15, -0.1) is 11.3 Å². The van der Waals surface area contributed by atoms with Crippen molar-refractivity contribution in [2.75, 3.05) is 12.9 Å². The molecule has 1 aromatic carbocycles. The molecule has 1 N–H and O–H groups in total. The Bertz CT molecular complexity index is 1330. The molecule has 3 aromatic heterocycles. The van der Waals surface area contributed by atoms with Crippen LogP contribution in [0.15, 0.2) is 76.6 Å². The summed E-state index contributed by atoms with van der Waals surface area (Å²) >= 11 is 2.69. The van der Waals surface area contributed by atoms with Crippen molar-refractivity contribution in [1.29, 1.82) is 5.26 Å². The minimum absolute atomic E-state index is 0.0371. The number of aromatic nitrogens is 3. The van der Waals surface area contributed by atoms with Gasteiger partial charge in [-0.1, -0.05) is 17.8 Å². The molecule has 0 aliphatic heterocycles. The quantitative estimate of drug-likeness (QED) is 0.223. The van der Waals surface area contributed by atoms with Crippen molar-refractivity contribution in [3.8, 4) is 33.6 Å². The molecule has 0 aliphatic carbocycles. The first kappa shape index (κ1) is 23.1. The van der Waals surface area contributed by atoms with Gasteiger partial charge in [0.2, 0.25) is 5.91 Å². The van der Waals surface area contributed by atoms with Gasteiger partial charge in [0.1, 0.15) is 22.5 Å². The molecule has 0 aliphatic rings. The van der Waals surface area contributed by atoms with Gasteiger partial charge in [0.05, 0.1) is 36.5 Å². The van der Waals surface area contributed by atoms with Crippen LogP contribution in [-0.4, -0.2) is 39.9 Å². The van der Waals surface area contributed by atoms with E-state index in [1.165, 1.54) is 23.1 Å². The SMILES string of the molecule is COc1ccc(/C=N/NC(=O)CSc2nc(-c3cnccn3)cc(-c3cccs3)c2C#N)cc1. The Morgan fingerprint density at radius 3 is 2.79 bits per heavy atom. The van der Waals surface area contributed by atoms with Crippen molar-refractivity contribution in [3.05, 3.63) is 77.6 Å². The summed E-state index contributed by atoms with van der Waals surface area (Å²) in [4.78, 5) is 26.4. The van der Waals surface area contributed by atoms with E-state index < -0.39 is 0 Å². The van der Waals surface area contributed by atoms with E-state index in [4.69, 9.17) is 4.74 Å². The molecule has 0 bridgehead atoms. The normalized spacial score (nSPS) is 10.7. The highest BCUT2D eigenvalue weighted by atomic mass is 32.2. The number of nitriles is 1. The minimum Gasteiger partial charge on any atom is -0.497 e. The average molecular weight is 487 g/mol. The fraction of sp³-hybridized carbons (Fsp3) is 0.0833. The Morgan fingerprint density at radius 1 is 1.26 bits per heavy atom. The van der Waals surface area contributed by atoms with Crippen LogP contribution in [0.4, 0.5) is 0 Å². The molecule has 8 nitrogen and oxygen atoms in total. The monoisotopic (exact) mass is 486 g/mol. The Kier molecular flexibility index (Phi) is 7.60. The van der Waals surface area contributed by atoms with Crippen molar-refractivity contribution in [3.63, 3.8) is 0 Å². The highest BCUT2D eigenvalue weighted by Gasteiger charge is 2.18. The van der Waals surface area contributed by atoms with Crippen LogP contribution in [0, 0.1) is 11.3 Å². The van der Waals surface area contributed by atoms with Crippen molar-refractivity contribution < 1.29 is 9.53 Å². The molecule has 168 valence electrons. The van der Waals surface area contributed by atoms with Crippen LogP contribution in [0.1, 0.15) is 11.1 Å². The van der Waals surface area contributed by atoms with E-state index in [-0.39, 0.29) is 11.7 Å². The van der Waals surface area contributed by atoms with Crippen LogP contribution in [0.5, 0.6) is 5.75 Å². The zero-order valence-corrected chi connectivity index (χ0v) is 19.6. The largest absolute Gasteiger partial charge is 0.497 e. The summed E-state index contributed by atoms with van der Waals surface area (Å²) in [7, 11) is 1.60. The number of hydrazone groups is 1. The van der Waals surface area contributed by atoms with E-state index in [1.807, 2.05) is 47.8 Å². The number of nitrogens with zero attached hydrogens (tertiary/aromatic N) is 5. The van der Waals surface area contributed by atoms with E-state index in [2.05, 4.69) is 31.5 Å². The highest BCUT2D eigenvalue weighted by molar-refractivity contribution is 8.00. The number of carbonyl (C=O) groups is 1. The van der Waals surface area contributed by atoms with E-state index >= 15 is 0 Å². The highest BCUT2D eigenvalue weighted by Crippen LogP contribution is 2.35. The first-order valence-corrected chi connectivity index (χ1v) is 11.9. The second-order valence-electron chi connectivity index (χ2n) is 6.77. The summed E-state index contributed by atoms with van der Waals surface area (Å²) < 4.78 is 5.12. The number of ether oxygens (including phenoxy) is 1. The van der Waals surface area contributed by atoms with Gasteiger partial charge in [0, 0.05) is 22.8 Å². The third-order valence-electron chi connectivity index (χ3n) is 4.57. The lowest BCUT2D eigenvalue weighted by Crippen LogP contribution is -2.19. The predicted molar refractivity (Wildman–Crippen MR) is 133 cm³/mol. The molecular weight excluding hydrogens is 468 g/mol. The third kappa shape index (κ3) is 5.64. The third-order valence-corrected chi connectivity index (χ3v) is 6.45. The number of hydrogen-bond donors (Lipinski definition) is 1. The van der Waals surface area contributed by atoms with Gasteiger partial charge >= 0.3 is 0 Å². The van der Waals surface area contributed by atoms with Crippen LogP contribution in [-0.2, 0) is 4.79 Å². The second kappa shape index (κ2) is 11.2. The fourth-order valence-corrected chi connectivity index (χ4v) is 4.50. The van der Waals surface area contributed by atoms with Crippen molar-refractivity contribution in [1.82, 2.24) is 20.4 Å². The number of hydrogen-bond acceptors (Lipinski definition) is 9. The molecule has 0 saturated carbocycles. The second-order valence-corrected chi connectivity index (χ2v) is 8.68. The number of thioether (sulfide) groups is 1. The number of thiophene rings is 1. The molecule has 0 fully saturated rings. The molecule has 4 aromatic rings. The van der Waals surface area contributed by atoms with Gasteiger partial charge in [0.15, 0.2) is 0 Å². The van der Waals surface area contributed by atoms with Crippen LogP contribution < -0.4 is 10.2 Å². The van der Waals surface area contributed by atoms with Gasteiger partial charge in [-0.3, -0.25) is 14.8 Å². The number of pyridine rings is 1. The minimum atomic E-state index is -0.317. The number of carbonyl (C=O) groups excluding carboxylic acids is 1. The Hall–Kier alpha value is -4.07. The summed E-state index contributed by atoms with van der Waals surface area (Å²) in [6, 6.07) is 15.2. The summed E-state index contributed by atoms with van der Waals surface area (Å²) in [6.07, 6.45) is 6.33. The Morgan fingerprint density at radius 2 is 2.12 bits per heavy atom. The summed E-state index contributed by atoms with van der Waals surface area (Å²) in [6.45, 7) is 0. The average Bonchev–Trinajstić information content (AvgIpc) is 3.43. The summed E-state index contributed by atoms with van der Waals surface area (Å²) in [5.74, 6) is 0.460. The van der Waals surface area contributed by atoms with Gasteiger partial charge in [-0.25, -0.2) is 10.4 Å². The molecule has 0 saturated heterocycles. The van der Waals surface area contributed by atoms with E-state index in [0.29, 0.717) is 22.0 Å². The maximum atomic E-state index is 12.4. The molecule has 0 spiro atoms. The first-order valence-electron chi connectivity index (χ1n) is 10.0. The van der Waals surface area contributed by atoms with E-state index in [0.717, 1.165) is 21.8 Å². The zero-order valence-electron chi connectivity index (χ0n) is 18.0. The lowest BCUT2D eigenvalue weighted by Gasteiger charge is -2.10. The number of benzene rings is 1. The number of amides is 1. The molecule has 4 rings (SSSR count). The molecule has 10 heteroatoms. The van der Waals surface area contributed by atoms with Gasteiger partial charge < -0.3 is 4.74 Å². The molecule has 34 heavy (non-hydrogen) atoms. The lowest BCUT2D eigenvalue weighted by atomic mass is 10.1.